The van der Waals surface area contributed by atoms with Gasteiger partial charge in [-0.1, -0.05) is 57.8 Å². The fourth-order valence-electron chi connectivity index (χ4n) is 7.83. The number of carbonyl (C=O) groups excluding carboxylic acids is 2. The van der Waals surface area contributed by atoms with Crippen LogP contribution in [0.1, 0.15) is 93.8 Å². The number of likely N-dealkylation sites (N-methyl/N-ethyl adjacent to an activating group) is 1. The van der Waals surface area contributed by atoms with Gasteiger partial charge in [0.15, 0.2) is 17.3 Å². The van der Waals surface area contributed by atoms with Gasteiger partial charge in [0.1, 0.15) is 11.7 Å². The Bertz CT molecular complexity index is 1300. The van der Waals surface area contributed by atoms with E-state index >= 15 is 4.39 Å². The summed E-state index contributed by atoms with van der Waals surface area (Å²) in [6, 6.07) is -1.14. The van der Waals surface area contributed by atoms with Crippen molar-refractivity contribution in [3.8, 4) is 0 Å². The summed E-state index contributed by atoms with van der Waals surface area (Å²) in [6.07, 6.45) is 14.1. The second-order valence-electron chi connectivity index (χ2n) is 13.9. The van der Waals surface area contributed by atoms with Crippen LogP contribution < -0.4 is 21.7 Å². The van der Waals surface area contributed by atoms with Crippen molar-refractivity contribution in [2.24, 2.45) is 5.92 Å². The number of likely N-dealkylation sites (tertiary alicyclic amines) is 1. The zero-order valence-electron chi connectivity index (χ0n) is 27.6. The molecule has 2 saturated heterocycles. The van der Waals surface area contributed by atoms with E-state index in [1.54, 1.807) is 0 Å². The molecule has 0 radical (unpaired) electrons. The summed E-state index contributed by atoms with van der Waals surface area (Å²) in [7, 11) is 3.95. The van der Waals surface area contributed by atoms with Gasteiger partial charge in [0, 0.05) is 31.1 Å². The summed E-state index contributed by atoms with van der Waals surface area (Å²) in [5.74, 6) is -1.20. The number of hydrogen-bond donors (Lipinski definition) is 4. The maximum atomic E-state index is 16.3. The molecule has 46 heavy (non-hydrogen) atoms. The van der Waals surface area contributed by atoms with Crippen LogP contribution in [0.25, 0.3) is 5.65 Å². The van der Waals surface area contributed by atoms with Crippen molar-refractivity contribution < 1.29 is 18.4 Å². The van der Waals surface area contributed by atoms with Crippen molar-refractivity contribution in [3.05, 3.63) is 23.8 Å². The van der Waals surface area contributed by atoms with E-state index in [-0.39, 0.29) is 35.4 Å². The molecule has 0 aromatic carbocycles. The van der Waals surface area contributed by atoms with Crippen molar-refractivity contribution >= 4 is 23.3 Å². The van der Waals surface area contributed by atoms with Gasteiger partial charge in [0.2, 0.25) is 5.91 Å². The van der Waals surface area contributed by atoms with Crippen LogP contribution in [0.3, 0.4) is 0 Å². The number of rotatable bonds is 7. The third-order valence-electron chi connectivity index (χ3n) is 10.4. The minimum atomic E-state index is -1.23. The quantitative estimate of drug-likeness (QED) is 0.361. The predicted molar refractivity (Wildman–Crippen MR) is 175 cm³/mol. The molecule has 1 saturated carbocycles. The lowest BCUT2D eigenvalue weighted by atomic mass is 9.72. The molecule has 5 N–H and O–H groups in total. The van der Waals surface area contributed by atoms with Gasteiger partial charge in [0.05, 0.1) is 24.5 Å². The number of halogens is 2. The van der Waals surface area contributed by atoms with Crippen LogP contribution in [0.15, 0.2) is 12.4 Å². The SMILES string of the molecule is CN(C)CCNC(=O)C1CCN(C2C(F)CNC3(CCCCCCCCCCC3)C2NC(=O)c2c(N)nn3cc(F)cnc23)CC1. The molecule has 1 spiro atoms. The Kier molecular flexibility index (Phi) is 11.8. The molecule has 2 aliphatic heterocycles. The lowest BCUT2D eigenvalue weighted by Crippen LogP contribution is -2.75. The normalized spacial score (nSPS) is 25.6. The molecule has 2 aromatic rings. The highest BCUT2D eigenvalue weighted by Crippen LogP contribution is 2.37. The lowest BCUT2D eigenvalue weighted by molar-refractivity contribution is -0.127. The predicted octanol–water partition coefficient (Wildman–Crippen LogP) is 3.29. The number of anilines is 1. The number of nitrogens with one attached hydrogen (secondary N) is 3. The second kappa shape index (κ2) is 15.8. The van der Waals surface area contributed by atoms with Gasteiger partial charge in [-0.3, -0.25) is 14.5 Å². The molecule has 13 heteroatoms. The third kappa shape index (κ3) is 8.14. The number of nitrogens with zero attached hydrogens (tertiary/aromatic N) is 5. The van der Waals surface area contributed by atoms with Gasteiger partial charge in [-0.2, -0.15) is 0 Å². The maximum Gasteiger partial charge on any atom is 0.259 e. The highest BCUT2D eigenvalue weighted by Gasteiger charge is 2.52. The Labute approximate surface area is 271 Å². The molecule has 2 aromatic heterocycles. The van der Waals surface area contributed by atoms with Gasteiger partial charge >= 0.3 is 0 Å². The smallest absolute Gasteiger partial charge is 0.259 e. The van der Waals surface area contributed by atoms with E-state index in [9.17, 15) is 14.0 Å². The van der Waals surface area contributed by atoms with Gasteiger partial charge in [-0.05, 0) is 52.9 Å². The fraction of sp³-hybridized carbons (Fsp3) is 0.758. The Hall–Kier alpha value is -2.90. The van der Waals surface area contributed by atoms with E-state index in [0.29, 0.717) is 32.5 Å². The van der Waals surface area contributed by atoms with Crippen molar-refractivity contribution in [1.29, 1.82) is 0 Å². The minimum Gasteiger partial charge on any atom is -0.381 e. The summed E-state index contributed by atoms with van der Waals surface area (Å²) in [5.41, 5.74) is 5.91. The molecule has 3 fully saturated rings. The van der Waals surface area contributed by atoms with E-state index in [2.05, 4.69) is 30.9 Å². The lowest BCUT2D eigenvalue weighted by Gasteiger charge is -2.54. The van der Waals surface area contributed by atoms with Crippen LogP contribution in [0.5, 0.6) is 0 Å². The molecule has 2 amide bonds. The van der Waals surface area contributed by atoms with Crippen LogP contribution in [0.4, 0.5) is 14.6 Å². The molecule has 0 bridgehead atoms. The molecule has 256 valence electrons. The molecular weight excluding hydrogens is 592 g/mol. The number of hydrogen-bond acceptors (Lipinski definition) is 8. The first-order valence-corrected chi connectivity index (χ1v) is 17.3. The molecule has 3 atom stereocenters. The third-order valence-corrected chi connectivity index (χ3v) is 10.4. The highest BCUT2D eigenvalue weighted by atomic mass is 19.1. The summed E-state index contributed by atoms with van der Waals surface area (Å²) in [6.45, 7) is 2.71. The highest BCUT2D eigenvalue weighted by molar-refractivity contribution is 6.04. The Morgan fingerprint density at radius 1 is 1.07 bits per heavy atom. The van der Waals surface area contributed by atoms with Crippen molar-refractivity contribution in [3.63, 3.8) is 0 Å². The van der Waals surface area contributed by atoms with Crippen LogP contribution in [-0.4, -0.2) is 107 Å². The second-order valence-corrected chi connectivity index (χ2v) is 13.9. The zero-order chi connectivity index (χ0) is 32.7. The number of carbonyl (C=O) groups is 2. The standard InChI is InChI=1S/C33H53F2N9O2/c1-42(2)19-16-37-31(45)23-12-17-43(18-13-23)27-25(35)21-39-33(14-10-8-6-4-3-5-7-9-11-15-33)28(27)40-32(46)26-29(36)41-44-22-24(34)20-38-30(26)44/h20,22-23,25,27-28,39H,3-19,21H2,1-2H3,(H2,36,41)(H,37,45)(H,40,46). The number of nitrogen functional groups attached to an aromatic ring is 1. The van der Waals surface area contributed by atoms with Crippen molar-refractivity contribution in [2.75, 3.05) is 52.6 Å². The van der Waals surface area contributed by atoms with Gasteiger partial charge < -0.3 is 26.6 Å². The minimum absolute atomic E-state index is 0.0525. The van der Waals surface area contributed by atoms with E-state index in [1.807, 2.05) is 19.0 Å². The van der Waals surface area contributed by atoms with Crippen LogP contribution >= 0.6 is 0 Å². The molecule has 3 aliphatic rings. The maximum absolute atomic E-state index is 16.3. The van der Waals surface area contributed by atoms with E-state index in [0.717, 1.165) is 57.5 Å². The van der Waals surface area contributed by atoms with Gasteiger partial charge in [-0.15, -0.1) is 5.10 Å². The monoisotopic (exact) mass is 645 g/mol. The molecule has 3 unspecified atom stereocenters. The number of piperidine rings is 2. The summed E-state index contributed by atoms with van der Waals surface area (Å²) in [4.78, 5) is 35.3. The summed E-state index contributed by atoms with van der Waals surface area (Å²) >= 11 is 0. The Morgan fingerprint density at radius 2 is 1.70 bits per heavy atom. The number of alkyl halides is 1. The van der Waals surface area contributed by atoms with E-state index in [1.165, 1.54) is 36.6 Å². The molecular formula is C33H53F2N9O2. The van der Waals surface area contributed by atoms with Crippen LogP contribution in [0.2, 0.25) is 0 Å². The number of amides is 2. The Morgan fingerprint density at radius 3 is 2.33 bits per heavy atom. The molecule has 4 heterocycles. The zero-order valence-corrected chi connectivity index (χ0v) is 27.6. The number of nitrogens with two attached hydrogens (primary N) is 1. The number of aromatic nitrogens is 3. The largest absolute Gasteiger partial charge is 0.381 e. The van der Waals surface area contributed by atoms with E-state index < -0.39 is 35.5 Å². The van der Waals surface area contributed by atoms with Crippen LogP contribution in [0, 0.1) is 11.7 Å². The van der Waals surface area contributed by atoms with E-state index in [4.69, 9.17) is 5.73 Å². The fourth-order valence-corrected chi connectivity index (χ4v) is 7.83. The molecule has 5 rings (SSSR count). The summed E-state index contributed by atoms with van der Waals surface area (Å²) < 4.78 is 31.4. The first kappa shape index (κ1) is 34.4. The van der Waals surface area contributed by atoms with Gasteiger partial charge in [-0.25, -0.2) is 18.3 Å². The molecule has 11 nitrogen and oxygen atoms in total. The van der Waals surface area contributed by atoms with Crippen molar-refractivity contribution in [1.82, 2.24) is 40.3 Å². The first-order valence-electron chi connectivity index (χ1n) is 17.3. The Balaban J connectivity index is 1.41. The van der Waals surface area contributed by atoms with Crippen LogP contribution in [-0.2, 0) is 4.79 Å². The summed E-state index contributed by atoms with van der Waals surface area (Å²) in [5, 5.41) is 14.1. The average Bonchev–Trinajstić information content (AvgIpc) is 3.35. The number of fused-ring (bicyclic) bond motifs is 1. The first-order chi connectivity index (χ1) is 22.2. The van der Waals surface area contributed by atoms with Gasteiger partial charge in [0.25, 0.3) is 5.91 Å². The van der Waals surface area contributed by atoms with Crippen molar-refractivity contribution in [2.45, 2.75) is 107 Å². The average molecular weight is 646 g/mol. The topological polar surface area (TPSA) is 133 Å². The molecule has 1 aliphatic carbocycles.